The van der Waals surface area contributed by atoms with E-state index in [0.29, 0.717) is 50.8 Å². The van der Waals surface area contributed by atoms with Gasteiger partial charge in [-0.15, -0.1) is 11.3 Å². The van der Waals surface area contributed by atoms with Gasteiger partial charge in [0.1, 0.15) is 5.75 Å². The highest BCUT2D eigenvalue weighted by molar-refractivity contribution is 7.80. The normalized spacial score (nSPS) is 17.3. The summed E-state index contributed by atoms with van der Waals surface area (Å²) in [6.07, 6.45) is 1.41. The number of piperidine rings is 1. The Morgan fingerprint density at radius 2 is 2.14 bits per heavy atom. The third-order valence-electron chi connectivity index (χ3n) is 4.71. The lowest BCUT2D eigenvalue weighted by Gasteiger charge is -2.32. The van der Waals surface area contributed by atoms with E-state index in [2.05, 4.69) is 10.5 Å². The molecule has 154 valence electrons. The second-order valence-corrected chi connectivity index (χ2v) is 8.77. The van der Waals surface area contributed by atoms with E-state index in [4.69, 9.17) is 35.4 Å². The molecule has 1 aromatic heterocycles. The Balaban J connectivity index is 1.72. The van der Waals surface area contributed by atoms with Crippen molar-refractivity contribution in [3.8, 4) is 16.2 Å². The number of carboxylic acids is 1. The van der Waals surface area contributed by atoms with Crippen LogP contribution in [0.15, 0.2) is 28.7 Å². The highest BCUT2D eigenvalue weighted by Crippen LogP contribution is 2.40. The Morgan fingerprint density at radius 3 is 2.83 bits per heavy atom. The van der Waals surface area contributed by atoms with E-state index < -0.39 is 11.9 Å². The third kappa shape index (κ3) is 5.01. The number of carboxylic acid groups (broad SMARTS) is 1. The maximum atomic E-state index is 11.2. The third-order valence-corrected chi connectivity index (χ3v) is 6.82. The van der Waals surface area contributed by atoms with Gasteiger partial charge in [0.05, 0.1) is 32.1 Å². The molecule has 0 saturated carbocycles. The summed E-state index contributed by atoms with van der Waals surface area (Å²) in [6.45, 7) is 2.81. The molecule has 0 spiro atoms. The van der Waals surface area contributed by atoms with Crippen LogP contribution in [0, 0.1) is 5.92 Å². The lowest BCUT2D eigenvalue weighted by atomic mass is 9.99. The standard InChI is InChI=1S/C19H19Cl2N3O3S2/c1-10(22-23-19(28)24-6-2-3-12(8-24)18(26)27)13-9-29-17(16(13)25)11-4-5-14(20)15(21)7-11/h4-5,7,9,12,25H,2-3,6,8H2,1H3,(H,23,28)(H,26,27). The van der Waals surface area contributed by atoms with E-state index in [1.54, 1.807) is 30.5 Å². The smallest absolute Gasteiger partial charge is 0.308 e. The molecule has 0 aliphatic carbocycles. The average molecular weight is 472 g/mol. The monoisotopic (exact) mass is 471 g/mol. The molecule has 3 rings (SSSR count). The maximum Gasteiger partial charge on any atom is 0.308 e. The molecule has 0 amide bonds. The minimum Gasteiger partial charge on any atom is -0.506 e. The van der Waals surface area contributed by atoms with Gasteiger partial charge in [-0.3, -0.25) is 10.2 Å². The van der Waals surface area contributed by atoms with Crippen molar-refractivity contribution in [2.24, 2.45) is 11.0 Å². The van der Waals surface area contributed by atoms with Gasteiger partial charge in [0.15, 0.2) is 5.11 Å². The van der Waals surface area contributed by atoms with Crippen LogP contribution in [0.3, 0.4) is 0 Å². The molecule has 1 aliphatic rings. The van der Waals surface area contributed by atoms with Gasteiger partial charge in [-0.2, -0.15) is 5.10 Å². The lowest BCUT2D eigenvalue weighted by molar-refractivity contribution is -0.143. The average Bonchev–Trinajstić information content (AvgIpc) is 3.09. The van der Waals surface area contributed by atoms with Gasteiger partial charge < -0.3 is 15.1 Å². The van der Waals surface area contributed by atoms with Crippen molar-refractivity contribution in [2.45, 2.75) is 19.8 Å². The molecule has 10 heteroatoms. The SMILES string of the molecule is CC(=NNC(=S)N1CCCC(C(=O)O)C1)c1csc(-c2ccc(Cl)c(Cl)c2)c1O. The summed E-state index contributed by atoms with van der Waals surface area (Å²) < 4.78 is 0. The molecule has 1 fully saturated rings. The Labute approximate surface area is 187 Å². The van der Waals surface area contributed by atoms with Crippen molar-refractivity contribution in [1.29, 1.82) is 0 Å². The van der Waals surface area contributed by atoms with Crippen LogP contribution in [0.2, 0.25) is 10.0 Å². The molecular formula is C19H19Cl2N3O3S2. The van der Waals surface area contributed by atoms with Crippen molar-refractivity contribution >= 4 is 63.5 Å². The summed E-state index contributed by atoms with van der Waals surface area (Å²) in [6, 6.07) is 5.18. The lowest BCUT2D eigenvalue weighted by Crippen LogP contribution is -2.45. The van der Waals surface area contributed by atoms with Crippen LogP contribution < -0.4 is 5.43 Å². The first-order valence-corrected chi connectivity index (χ1v) is 10.9. The molecular weight excluding hydrogens is 453 g/mol. The van der Waals surface area contributed by atoms with Crippen molar-refractivity contribution in [2.75, 3.05) is 13.1 Å². The zero-order chi connectivity index (χ0) is 21.1. The van der Waals surface area contributed by atoms with Crippen LogP contribution in [0.25, 0.3) is 10.4 Å². The number of rotatable bonds is 4. The predicted molar refractivity (Wildman–Crippen MR) is 121 cm³/mol. The minimum absolute atomic E-state index is 0.103. The highest BCUT2D eigenvalue weighted by atomic mass is 35.5. The zero-order valence-electron chi connectivity index (χ0n) is 15.5. The highest BCUT2D eigenvalue weighted by Gasteiger charge is 2.26. The van der Waals surface area contributed by atoms with Gasteiger partial charge in [-0.1, -0.05) is 29.3 Å². The number of thiocarbonyl (C=S) groups is 1. The van der Waals surface area contributed by atoms with Gasteiger partial charge in [-0.25, -0.2) is 0 Å². The molecule has 1 aromatic carbocycles. The summed E-state index contributed by atoms with van der Waals surface area (Å²) in [5.41, 5.74) is 4.70. The van der Waals surface area contributed by atoms with Gasteiger partial charge in [0, 0.05) is 18.5 Å². The van der Waals surface area contributed by atoms with E-state index >= 15 is 0 Å². The second-order valence-electron chi connectivity index (χ2n) is 6.69. The number of aromatic hydroxyl groups is 1. The molecule has 3 N–H and O–H groups in total. The number of halogens is 2. The fourth-order valence-electron chi connectivity index (χ4n) is 3.08. The van der Waals surface area contributed by atoms with E-state index in [1.807, 2.05) is 4.90 Å². The van der Waals surface area contributed by atoms with Crippen LogP contribution in [-0.2, 0) is 4.79 Å². The summed E-state index contributed by atoms with van der Waals surface area (Å²) in [5, 5.41) is 27.2. The molecule has 1 aliphatic heterocycles. The van der Waals surface area contributed by atoms with Crippen molar-refractivity contribution < 1.29 is 15.0 Å². The molecule has 1 unspecified atom stereocenters. The Kier molecular flexibility index (Phi) is 7.00. The van der Waals surface area contributed by atoms with E-state index in [1.165, 1.54) is 11.3 Å². The van der Waals surface area contributed by atoms with Crippen LogP contribution in [0.1, 0.15) is 25.3 Å². The Bertz CT molecular complexity index is 978. The van der Waals surface area contributed by atoms with Crippen molar-refractivity contribution in [1.82, 2.24) is 10.3 Å². The Morgan fingerprint density at radius 1 is 1.38 bits per heavy atom. The topological polar surface area (TPSA) is 85.2 Å². The minimum atomic E-state index is -0.810. The maximum absolute atomic E-state index is 11.2. The first-order valence-electron chi connectivity index (χ1n) is 8.86. The molecule has 29 heavy (non-hydrogen) atoms. The molecule has 1 atom stereocenters. The summed E-state index contributed by atoms with van der Waals surface area (Å²) >= 11 is 18.8. The number of nitrogens with zero attached hydrogens (tertiary/aromatic N) is 2. The van der Waals surface area contributed by atoms with Gasteiger partial charge >= 0.3 is 5.97 Å². The number of hydrogen-bond acceptors (Lipinski definition) is 5. The molecule has 2 heterocycles. The number of aliphatic carboxylic acids is 1. The van der Waals surface area contributed by atoms with E-state index in [9.17, 15) is 15.0 Å². The molecule has 1 saturated heterocycles. The zero-order valence-corrected chi connectivity index (χ0v) is 18.6. The number of thiophene rings is 1. The van der Waals surface area contributed by atoms with Crippen LogP contribution in [-0.4, -0.2) is 45.0 Å². The largest absolute Gasteiger partial charge is 0.506 e. The van der Waals surface area contributed by atoms with E-state index in [-0.39, 0.29) is 5.75 Å². The summed E-state index contributed by atoms with van der Waals surface area (Å²) in [7, 11) is 0. The molecule has 0 bridgehead atoms. The molecule has 6 nitrogen and oxygen atoms in total. The van der Waals surface area contributed by atoms with Crippen LogP contribution in [0.5, 0.6) is 5.75 Å². The first kappa shape index (κ1) is 21.8. The second kappa shape index (κ2) is 9.30. The van der Waals surface area contributed by atoms with Gasteiger partial charge in [0.25, 0.3) is 0 Å². The first-order chi connectivity index (χ1) is 13.8. The molecule has 2 aromatic rings. The summed E-state index contributed by atoms with van der Waals surface area (Å²) in [4.78, 5) is 13.7. The number of hydrazone groups is 1. The Hall–Kier alpha value is -1.87. The van der Waals surface area contributed by atoms with Gasteiger partial charge in [0.2, 0.25) is 0 Å². The van der Waals surface area contributed by atoms with Crippen molar-refractivity contribution in [3.05, 3.63) is 39.2 Å². The molecule has 0 radical (unpaired) electrons. The number of benzene rings is 1. The number of nitrogens with one attached hydrogen (secondary N) is 1. The van der Waals surface area contributed by atoms with Crippen LogP contribution >= 0.6 is 46.8 Å². The van der Waals surface area contributed by atoms with Crippen LogP contribution in [0.4, 0.5) is 0 Å². The number of hydrogen-bond donors (Lipinski definition) is 3. The fraction of sp³-hybridized carbons (Fsp3) is 0.316. The van der Waals surface area contributed by atoms with E-state index in [0.717, 1.165) is 12.0 Å². The number of carbonyl (C=O) groups is 1. The quantitative estimate of drug-likeness (QED) is 0.336. The van der Waals surface area contributed by atoms with Crippen molar-refractivity contribution in [3.63, 3.8) is 0 Å². The fourth-order valence-corrected chi connectivity index (χ4v) is 4.59. The van der Waals surface area contributed by atoms with Gasteiger partial charge in [-0.05, 0) is 49.7 Å². The predicted octanol–water partition coefficient (Wildman–Crippen LogP) is 4.82. The number of likely N-dealkylation sites (tertiary alicyclic amines) is 1. The summed E-state index contributed by atoms with van der Waals surface area (Å²) in [5.74, 6) is -1.13.